The van der Waals surface area contributed by atoms with Crippen molar-refractivity contribution in [2.75, 3.05) is 49.7 Å². The minimum Gasteiger partial charge on any atom is -0.365 e. The van der Waals surface area contributed by atoms with Gasteiger partial charge >= 0.3 is 21.4 Å². The van der Waals surface area contributed by atoms with Gasteiger partial charge in [-0.25, -0.2) is 29.9 Å². The Morgan fingerprint density at radius 3 is 0.933 bits per heavy atom. The molecule has 1 saturated heterocycles. The van der Waals surface area contributed by atoms with E-state index in [2.05, 4.69) is 43.6 Å². The van der Waals surface area contributed by atoms with Crippen LogP contribution in [0, 0.1) is 0 Å². The van der Waals surface area contributed by atoms with Gasteiger partial charge in [-0.15, -0.1) is 0 Å². The zero-order valence-corrected chi connectivity index (χ0v) is 16.6. The van der Waals surface area contributed by atoms with Crippen molar-refractivity contribution in [1.29, 1.82) is 0 Å². The molecule has 0 bridgehead atoms. The molecule has 0 amide bonds. The highest BCUT2D eigenvalue weighted by molar-refractivity contribution is 7.10. The van der Waals surface area contributed by atoms with Crippen LogP contribution in [0.25, 0.3) is 0 Å². The molecule has 12 nitrogen and oxygen atoms in total. The van der Waals surface area contributed by atoms with Gasteiger partial charge in [0.1, 0.15) is 0 Å². The first kappa shape index (κ1) is 16.1. The molecule has 4 aliphatic rings. The summed E-state index contributed by atoms with van der Waals surface area (Å²) < 4.78 is 6.75. The molecule has 0 radical (unpaired) electrons. The molecular formula is C15H15B3N12. The monoisotopic (exact) mass is 396 g/mol. The minimum absolute atomic E-state index is 0.175. The molecule has 0 spiro atoms. The predicted octanol–water partition coefficient (Wildman–Crippen LogP) is -0.806. The van der Waals surface area contributed by atoms with E-state index >= 15 is 0 Å². The Morgan fingerprint density at radius 1 is 0.433 bits per heavy atom. The summed E-state index contributed by atoms with van der Waals surface area (Å²) in [6.07, 6.45) is 10.4. The van der Waals surface area contributed by atoms with Gasteiger partial charge in [-0.1, -0.05) is 0 Å². The quantitative estimate of drug-likeness (QED) is 0.445. The van der Waals surface area contributed by atoms with Crippen LogP contribution >= 0.6 is 0 Å². The molecule has 0 atom stereocenters. The lowest BCUT2D eigenvalue weighted by atomic mass is 9.56. The molecule has 7 heterocycles. The van der Waals surface area contributed by atoms with E-state index in [-0.39, 0.29) is 21.4 Å². The lowest BCUT2D eigenvalue weighted by Gasteiger charge is -2.48. The zero-order valence-electron chi connectivity index (χ0n) is 16.6. The summed E-state index contributed by atoms with van der Waals surface area (Å²) in [6, 6.07) is 0. The average Bonchev–Trinajstić information content (AvgIpc) is 3.36. The molecule has 0 saturated carbocycles. The summed E-state index contributed by atoms with van der Waals surface area (Å²) in [5.74, 6) is 4.93. The molecule has 1 fully saturated rings. The SMILES string of the molecule is CN1B2N(B3N(C)c4nccnc4N3B3N(C)c4nccnc4N23)c2nccnc21. The summed E-state index contributed by atoms with van der Waals surface area (Å²) in [5, 5.41) is 0. The predicted molar refractivity (Wildman–Crippen MR) is 116 cm³/mol. The van der Waals surface area contributed by atoms with E-state index in [1.54, 1.807) is 37.2 Å². The normalized spacial score (nSPS) is 17.9. The van der Waals surface area contributed by atoms with Gasteiger partial charge in [0.15, 0.2) is 34.9 Å². The summed E-state index contributed by atoms with van der Waals surface area (Å²) in [6.45, 7) is 0. The molecule has 15 heteroatoms. The largest absolute Gasteiger partial charge is 0.488 e. The first-order valence-corrected chi connectivity index (χ1v) is 9.65. The van der Waals surface area contributed by atoms with E-state index in [4.69, 9.17) is 15.0 Å². The van der Waals surface area contributed by atoms with E-state index in [9.17, 15) is 0 Å². The maximum Gasteiger partial charge on any atom is 0.488 e. The number of anilines is 6. The van der Waals surface area contributed by atoms with Gasteiger partial charge in [0.05, 0.1) is 0 Å². The van der Waals surface area contributed by atoms with Crippen LogP contribution < -0.4 is 28.6 Å². The van der Waals surface area contributed by atoms with Crippen molar-refractivity contribution < 1.29 is 0 Å². The summed E-state index contributed by atoms with van der Waals surface area (Å²) in [7, 11) is 5.59. The van der Waals surface area contributed by atoms with Crippen LogP contribution in [0.2, 0.25) is 0 Å². The Morgan fingerprint density at radius 2 is 0.667 bits per heavy atom. The molecule has 30 heavy (non-hydrogen) atoms. The van der Waals surface area contributed by atoms with E-state index in [1.165, 1.54) is 0 Å². The third-order valence-corrected chi connectivity index (χ3v) is 6.25. The van der Waals surface area contributed by atoms with E-state index in [1.807, 2.05) is 21.1 Å². The second-order valence-electron chi connectivity index (χ2n) is 7.70. The molecule has 0 aromatic carbocycles. The van der Waals surface area contributed by atoms with Crippen molar-refractivity contribution in [1.82, 2.24) is 29.9 Å². The summed E-state index contributed by atoms with van der Waals surface area (Å²) >= 11 is 0. The highest BCUT2D eigenvalue weighted by Crippen LogP contribution is 2.49. The number of rotatable bonds is 0. The van der Waals surface area contributed by atoms with Crippen molar-refractivity contribution in [3.8, 4) is 0 Å². The summed E-state index contributed by atoms with van der Waals surface area (Å²) in [5.41, 5.74) is 0. The van der Waals surface area contributed by atoms with Gasteiger partial charge in [0.25, 0.3) is 0 Å². The molecule has 144 valence electrons. The number of hydrogen-bond donors (Lipinski definition) is 0. The second kappa shape index (κ2) is 5.23. The summed E-state index contributed by atoms with van der Waals surface area (Å²) in [4.78, 5) is 34.4. The van der Waals surface area contributed by atoms with E-state index in [0.29, 0.717) is 0 Å². The van der Waals surface area contributed by atoms with Gasteiger partial charge in [-0.05, 0) is 21.1 Å². The van der Waals surface area contributed by atoms with Crippen molar-refractivity contribution in [3.63, 3.8) is 0 Å². The molecule has 0 N–H and O–H groups in total. The lowest BCUT2D eigenvalue weighted by Crippen LogP contribution is -2.84. The van der Waals surface area contributed by atoms with Crippen molar-refractivity contribution in [2.45, 2.75) is 0 Å². The van der Waals surface area contributed by atoms with Crippen LogP contribution in [0.15, 0.2) is 37.2 Å². The van der Waals surface area contributed by atoms with Crippen LogP contribution in [-0.2, 0) is 0 Å². The van der Waals surface area contributed by atoms with Crippen LogP contribution in [0.5, 0.6) is 0 Å². The molecule has 0 aliphatic carbocycles. The third kappa shape index (κ3) is 1.64. The van der Waals surface area contributed by atoms with Crippen molar-refractivity contribution in [3.05, 3.63) is 37.2 Å². The average molecular weight is 396 g/mol. The first-order valence-electron chi connectivity index (χ1n) is 9.65. The molecule has 0 unspecified atom stereocenters. The number of hydrogen-bond acceptors (Lipinski definition) is 12. The van der Waals surface area contributed by atoms with Gasteiger partial charge < -0.3 is 28.6 Å². The number of aromatic nitrogens is 6. The molecule has 3 aromatic rings. The third-order valence-electron chi connectivity index (χ3n) is 6.25. The Balaban J connectivity index is 1.52. The fraction of sp³-hybridized carbons (Fsp3) is 0.200. The Labute approximate surface area is 173 Å². The van der Waals surface area contributed by atoms with Gasteiger partial charge in [0.2, 0.25) is 0 Å². The second-order valence-corrected chi connectivity index (χ2v) is 7.70. The van der Waals surface area contributed by atoms with Crippen LogP contribution in [0.4, 0.5) is 34.9 Å². The van der Waals surface area contributed by atoms with Crippen LogP contribution in [0.1, 0.15) is 0 Å². The lowest BCUT2D eigenvalue weighted by molar-refractivity contribution is 1.15. The highest BCUT2D eigenvalue weighted by atomic mass is 15.6. The molecule has 3 aromatic heterocycles. The van der Waals surface area contributed by atoms with Crippen LogP contribution in [-0.4, -0.2) is 72.4 Å². The Hall–Kier alpha value is -3.77. The topological polar surface area (TPSA) is 96.8 Å². The zero-order chi connectivity index (χ0) is 20.1. The molecular weight excluding hydrogens is 381 g/mol. The van der Waals surface area contributed by atoms with E-state index < -0.39 is 0 Å². The highest BCUT2D eigenvalue weighted by Gasteiger charge is 2.69. The van der Waals surface area contributed by atoms with Gasteiger partial charge in [0, 0.05) is 37.2 Å². The maximum atomic E-state index is 4.69. The van der Waals surface area contributed by atoms with Gasteiger partial charge in [-0.2, -0.15) is 0 Å². The number of fused-ring (bicyclic) bond motifs is 12. The smallest absolute Gasteiger partial charge is 0.365 e. The molecule has 7 rings (SSSR count). The fourth-order valence-corrected chi connectivity index (χ4v) is 5.13. The maximum absolute atomic E-state index is 4.69. The van der Waals surface area contributed by atoms with Crippen molar-refractivity contribution >= 4 is 56.3 Å². The Kier molecular flexibility index (Phi) is 2.80. The first-order chi connectivity index (χ1) is 14.7. The Bertz CT molecular complexity index is 1040. The minimum atomic E-state index is -0.175. The van der Waals surface area contributed by atoms with Crippen molar-refractivity contribution in [2.24, 2.45) is 0 Å². The van der Waals surface area contributed by atoms with Gasteiger partial charge in [-0.3, -0.25) is 0 Å². The molecule has 4 aliphatic heterocycles. The van der Waals surface area contributed by atoms with E-state index in [0.717, 1.165) is 34.9 Å². The standard InChI is InChI=1S/C15H15B3N12/c1-25-10-13(22-7-4-19-10)28-16(25)29-14-11(20-5-8-23-14)26(2)18(29)30-15-12(21-6-9-24-15)27(3)17(28)30/h4-9H,1-3H3. The fourth-order valence-electron chi connectivity index (χ4n) is 5.13. The number of nitrogens with zero attached hydrogens (tertiary/aromatic N) is 12. The van der Waals surface area contributed by atoms with Crippen LogP contribution in [0.3, 0.4) is 0 Å².